The van der Waals surface area contributed by atoms with Crippen LogP contribution in [0.2, 0.25) is 0 Å². The van der Waals surface area contributed by atoms with Gasteiger partial charge in [0.15, 0.2) is 0 Å². The van der Waals surface area contributed by atoms with E-state index in [4.69, 9.17) is 5.14 Å². The van der Waals surface area contributed by atoms with Crippen LogP contribution in [0.1, 0.15) is 45.4 Å². The van der Waals surface area contributed by atoms with E-state index in [9.17, 15) is 16.8 Å². The normalized spacial score (nSPS) is 34.8. The lowest BCUT2D eigenvalue weighted by Gasteiger charge is -2.59. The Morgan fingerprint density at radius 3 is 1.77 bits per heavy atom. The fourth-order valence-electron chi connectivity index (χ4n) is 5.94. The van der Waals surface area contributed by atoms with Gasteiger partial charge in [0.25, 0.3) is 0 Å². The number of nitrogens with one attached hydrogen (secondary N) is 1. The van der Waals surface area contributed by atoms with Crippen LogP contribution in [0, 0.1) is 23.2 Å². The number of benzene rings is 1. The van der Waals surface area contributed by atoms with Crippen molar-refractivity contribution in [3.05, 3.63) is 24.3 Å². The van der Waals surface area contributed by atoms with E-state index in [1.807, 2.05) is 6.92 Å². The molecule has 1 aromatic rings. The van der Waals surface area contributed by atoms with Crippen molar-refractivity contribution in [2.75, 3.05) is 0 Å². The van der Waals surface area contributed by atoms with Crippen molar-refractivity contribution in [2.24, 2.45) is 28.3 Å². The molecule has 0 saturated heterocycles. The molecule has 1 aromatic carbocycles. The summed E-state index contributed by atoms with van der Waals surface area (Å²) in [6.45, 7) is 1.99. The van der Waals surface area contributed by atoms with Gasteiger partial charge in [0.05, 0.1) is 9.79 Å². The molecule has 4 aliphatic rings. The molecule has 1 unspecified atom stereocenters. The van der Waals surface area contributed by atoms with Crippen LogP contribution in [0.4, 0.5) is 0 Å². The molecule has 6 nitrogen and oxygen atoms in total. The summed E-state index contributed by atoms with van der Waals surface area (Å²) >= 11 is 0. The molecule has 0 aliphatic heterocycles. The summed E-state index contributed by atoms with van der Waals surface area (Å²) in [5, 5.41) is 5.07. The molecule has 3 N–H and O–H groups in total. The predicted molar refractivity (Wildman–Crippen MR) is 98.2 cm³/mol. The van der Waals surface area contributed by atoms with E-state index >= 15 is 0 Å². The molecular formula is C18H26N2O4S2. The number of rotatable bonds is 5. The minimum absolute atomic E-state index is 0.0708. The van der Waals surface area contributed by atoms with Gasteiger partial charge in [-0.2, -0.15) is 0 Å². The third-order valence-corrected chi connectivity index (χ3v) is 9.28. The van der Waals surface area contributed by atoms with Gasteiger partial charge in [-0.05, 0) is 92.9 Å². The average Bonchev–Trinajstić information content (AvgIpc) is 2.52. The van der Waals surface area contributed by atoms with Crippen molar-refractivity contribution in [1.82, 2.24) is 4.72 Å². The molecule has 4 bridgehead atoms. The van der Waals surface area contributed by atoms with E-state index < -0.39 is 20.0 Å². The zero-order valence-electron chi connectivity index (χ0n) is 14.9. The van der Waals surface area contributed by atoms with Gasteiger partial charge in [-0.3, -0.25) is 0 Å². The van der Waals surface area contributed by atoms with Crippen molar-refractivity contribution >= 4 is 20.0 Å². The van der Waals surface area contributed by atoms with Gasteiger partial charge in [0, 0.05) is 6.04 Å². The topological polar surface area (TPSA) is 106 Å². The molecule has 4 fully saturated rings. The van der Waals surface area contributed by atoms with Crippen LogP contribution < -0.4 is 9.86 Å². The van der Waals surface area contributed by atoms with Crippen molar-refractivity contribution in [3.8, 4) is 0 Å². The summed E-state index contributed by atoms with van der Waals surface area (Å²) in [6.07, 6.45) is 7.29. The van der Waals surface area contributed by atoms with Gasteiger partial charge >= 0.3 is 0 Å². The quantitative estimate of drug-likeness (QED) is 0.793. The molecule has 8 heteroatoms. The van der Waals surface area contributed by atoms with Crippen molar-refractivity contribution in [3.63, 3.8) is 0 Å². The first-order valence-corrected chi connectivity index (χ1v) is 12.3. The van der Waals surface area contributed by atoms with Crippen LogP contribution in [0.3, 0.4) is 0 Å². The molecular weight excluding hydrogens is 372 g/mol. The molecule has 144 valence electrons. The summed E-state index contributed by atoms with van der Waals surface area (Å²) < 4.78 is 51.2. The molecule has 0 spiro atoms. The molecule has 26 heavy (non-hydrogen) atoms. The monoisotopic (exact) mass is 398 g/mol. The van der Waals surface area contributed by atoms with Crippen LogP contribution in [0.15, 0.2) is 34.1 Å². The lowest BCUT2D eigenvalue weighted by Crippen LogP contribution is -2.55. The smallest absolute Gasteiger partial charge is 0.225 e. The third-order valence-electron chi connectivity index (χ3n) is 6.80. The van der Waals surface area contributed by atoms with Gasteiger partial charge in [-0.25, -0.2) is 26.7 Å². The third kappa shape index (κ3) is 3.21. The van der Waals surface area contributed by atoms with Crippen LogP contribution in [0.25, 0.3) is 0 Å². The first-order chi connectivity index (χ1) is 12.1. The van der Waals surface area contributed by atoms with Gasteiger partial charge in [-0.15, -0.1) is 0 Å². The number of primary sulfonamides is 1. The van der Waals surface area contributed by atoms with Crippen LogP contribution >= 0.6 is 0 Å². The Morgan fingerprint density at radius 2 is 1.35 bits per heavy atom. The highest BCUT2D eigenvalue weighted by Gasteiger charge is 2.53. The Bertz CT molecular complexity index is 872. The standard InChI is InChI=1S/C18H26N2O4S2/c1-12(18-9-13-6-14(10-18)8-15(7-13)11-18)20-26(23,24)17-4-2-16(3-5-17)25(19,21)22/h2-5,12-15,20H,6-11H2,1H3,(H2,19,21,22). The van der Waals surface area contributed by atoms with Crippen LogP contribution in [-0.4, -0.2) is 22.9 Å². The Morgan fingerprint density at radius 1 is 0.923 bits per heavy atom. The maximum Gasteiger partial charge on any atom is 0.240 e. The average molecular weight is 399 g/mol. The SMILES string of the molecule is CC(NS(=O)(=O)c1ccc(S(N)(=O)=O)cc1)C12CC3CC(CC(C3)C1)C2. The van der Waals surface area contributed by atoms with Crippen molar-refractivity contribution in [2.45, 2.75) is 61.3 Å². The molecule has 0 radical (unpaired) electrons. The second-order valence-corrected chi connectivity index (χ2v) is 11.9. The lowest BCUT2D eigenvalue weighted by molar-refractivity contribution is -0.0666. The predicted octanol–water partition coefficient (Wildman–Crippen LogP) is 2.22. The molecule has 5 rings (SSSR count). The first-order valence-electron chi connectivity index (χ1n) is 9.23. The maximum atomic E-state index is 12.8. The molecule has 4 saturated carbocycles. The summed E-state index contributed by atoms with van der Waals surface area (Å²) in [5.41, 5.74) is 0.0718. The van der Waals surface area contributed by atoms with Crippen molar-refractivity contribution < 1.29 is 16.8 Å². The second-order valence-electron chi connectivity index (χ2n) is 8.64. The summed E-state index contributed by atoms with van der Waals surface area (Å²) in [6, 6.07) is 4.94. The fourth-order valence-corrected chi connectivity index (χ4v) is 7.80. The highest BCUT2D eigenvalue weighted by molar-refractivity contribution is 7.89. The Hall–Kier alpha value is -0.960. The lowest BCUT2D eigenvalue weighted by atomic mass is 9.48. The Labute approximate surface area is 155 Å². The Balaban J connectivity index is 1.54. The molecule has 0 amide bonds. The molecule has 1 atom stereocenters. The largest absolute Gasteiger partial charge is 0.240 e. The number of hydrogen-bond acceptors (Lipinski definition) is 4. The maximum absolute atomic E-state index is 12.8. The Kier molecular flexibility index (Phi) is 4.26. The van der Waals surface area contributed by atoms with E-state index in [1.54, 1.807) is 0 Å². The van der Waals surface area contributed by atoms with Gasteiger partial charge in [0.1, 0.15) is 0 Å². The van der Waals surface area contributed by atoms with E-state index in [0.717, 1.165) is 37.0 Å². The van der Waals surface area contributed by atoms with E-state index in [2.05, 4.69) is 4.72 Å². The van der Waals surface area contributed by atoms with Gasteiger partial charge in [0.2, 0.25) is 20.0 Å². The van der Waals surface area contributed by atoms with E-state index in [1.165, 1.54) is 43.5 Å². The van der Waals surface area contributed by atoms with Gasteiger partial charge < -0.3 is 0 Å². The minimum Gasteiger partial charge on any atom is -0.225 e. The van der Waals surface area contributed by atoms with E-state index in [0.29, 0.717) is 0 Å². The number of sulfonamides is 2. The zero-order valence-corrected chi connectivity index (χ0v) is 16.5. The number of nitrogens with two attached hydrogens (primary N) is 1. The van der Waals surface area contributed by atoms with Crippen LogP contribution in [-0.2, 0) is 20.0 Å². The summed E-state index contributed by atoms with van der Waals surface area (Å²) in [4.78, 5) is -0.0212. The first kappa shape index (κ1) is 18.4. The summed E-state index contributed by atoms with van der Waals surface area (Å²) in [7, 11) is -7.54. The number of hydrogen-bond donors (Lipinski definition) is 2. The minimum atomic E-state index is -3.83. The van der Waals surface area contributed by atoms with Crippen LogP contribution in [0.5, 0.6) is 0 Å². The van der Waals surface area contributed by atoms with E-state index in [-0.39, 0.29) is 21.2 Å². The highest BCUT2D eigenvalue weighted by atomic mass is 32.2. The van der Waals surface area contributed by atoms with Crippen molar-refractivity contribution in [1.29, 1.82) is 0 Å². The van der Waals surface area contributed by atoms with Gasteiger partial charge in [-0.1, -0.05) is 0 Å². The molecule has 4 aliphatic carbocycles. The second kappa shape index (κ2) is 6.02. The molecule has 0 aromatic heterocycles. The zero-order chi connectivity index (χ0) is 18.7. The fraction of sp³-hybridized carbons (Fsp3) is 0.667. The summed E-state index contributed by atoms with van der Waals surface area (Å²) in [5.74, 6) is 2.26. The molecule has 0 heterocycles. The highest BCUT2D eigenvalue weighted by Crippen LogP contribution is 2.61.